The summed E-state index contributed by atoms with van der Waals surface area (Å²) in [6.45, 7) is 0. The summed E-state index contributed by atoms with van der Waals surface area (Å²) in [5, 5.41) is 16.7. The normalized spacial score (nSPS) is 10.5. The molecule has 0 bridgehead atoms. The summed E-state index contributed by atoms with van der Waals surface area (Å²) >= 11 is 0. The molecule has 0 radical (unpaired) electrons. The van der Waals surface area contributed by atoms with Crippen molar-refractivity contribution in [1.82, 2.24) is 10.2 Å². The summed E-state index contributed by atoms with van der Waals surface area (Å²) in [6, 6.07) is 12.2. The molecule has 21 heavy (non-hydrogen) atoms. The smallest absolute Gasteiger partial charge is 0.336 e. The zero-order valence-corrected chi connectivity index (χ0v) is 10.7. The topological polar surface area (TPSA) is 76.2 Å². The number of rotatable bonds is 3. The van der Waals surface area contributed by atoms with Gasteiger partial charge in [0.25, 0.3) is 5.89 Å². The maximum absolute atomic E-state index is 13.7. The van der Waals surface area contributed by atoms with Gasteiger partial charge in [-0.05, 0) is 24.3 Å². The minimum atomic E-state index is -1.10. The highest BCUT2D eigenvalue weighted by molar-refractivity contribution is 5.94. The van der Waals surface area contributed by atoms with Crippen LogP contribution in [0.1, 0.15) is 10.4 Å². The second-order valence-corrected chi connectivity index (χ2v) is 4.24. The van der Waals surface area contributed by atoms with Gasteiger partial charge in [-0.2, -0.15) is 0 Å². The van der Waals surface area contributed by atoms with E-state index in [9.17, 15) is 9.18 Å². The highest BCUT2D eigenvalue weighted by Crippen LogP contribution is 2.27. The van der Waals surface area contributed by atoms with Gasteiger partial charge in [0.2, 0.25) is 5.89 Å². The Morgan fingerprint density at radius 1 is 0.952 bits per heavy atom. The summed E-state index contributed by atoms with van der Waals surface area (Å²) in [5.74, 6) is -1.55. The SMILES string of the molecule is O=C(O)c1ccccc1-c1nnc(-c2ccccc2F)o1. The van der Waals surface area contributed by atoms with Gasteiger partial charge in [0, 0.05) is 0 Å². The fraction of sp³-hybridized carbons (Fsp3) is 0. The van der Waals surface area contributed by atoms with E-state index in [1.54, 1.807) is 30.3 Å². The molecule has 0 aliphatic carbocycles. The number of carboxylic acid groups (broad SMARTS) is 1. The average molecular weight is 284 g/mol. The molecule has 6 heteroatoms. The molecule has 0 aliphatic rings. The minimum absolute atomic E-state index is 0.00305. The molecule has 2 aromatic carbocycles. The molecule has 104 valence electrons. The lowest BCUT2D eigenvalue weighted by molar-refractivity contribution is 0.0697. The maximum Gasteiger partial charge on any atom is 0.336 e. The van der Waals surface area contributed by atoms with Crippen LogP contribution in [0.15, 0.2) is 52.9 Å². The first kappa shape index (κ1) is 13.0. The van der Waals surface area contributed by atoms with Gasteiger partial charge in [0.15, 0.2) is 0 Å². The van der Waals surface area contributed by atoms with Crippen LogP contribution in [0.2, 0.25) is 0 Å². The third-order valence-electron chi connectivity index (χ3n) is 2.92. The number of carbonyl (C=O) groups is 1. The molecule has 3 rings (SSSR count). The minimum Gasteiger partial charge on any atom is -0.478 e. The lowest BCUT2D eigenvalue weighted by Crippen LogP contribution is -1.98. The van der Waals surface area contributed by atoms with E-state index in [1.165, 1.54) is 18.2 Å². The standard InChI is InChI=1S/C15H9FN2O3/c16-12-8-4-3-7-11(12)14-18-17-13(21-14)9-5-1-2-6-10(9)15(19)20/h1-8H,(H,19,20). The largest absolute Gasteiger partial charge is 0.478 e. The Bertz CT molecular complexity index is 814. The van der Waals surface area contributed by atoms with Crippen molar-refractivity contribution in [2.75, 3.05) is 0 Å². The Hall–Kier alpha value is -3.02. The van der Waals surface area contributed by atoms with Crippen molar-refractivity contribution in [3.63, 3.8) is 0 Å². The van der Waals surface area contributed by atoms with E-state index < -0.39 is 11.8 Å². The first-order valence-electron chi connectivity index (χ1n) is 6.08. The van der Waals surface area contributed by atoms with E-state index in [4.69, 9.17) is 9.52 Å². The molecule has 0 saturated carbocycles. The van der Waals surface area contributed by atoms with Crippen molar-refractivity contribution in [3.8, 4) is 22.9 Å². The molecular weight excluding hydrogens is 275 g/mol. The second kappa shape index (κ2) is 5.16. The second-order valence-electron chi connectivity index (χ2n) is 4.24. The summed E-state index contributed by atoms with van der Waals surface area (Å²) in [5.41, 5.74) is 0.505. The lowest BCUT2D eigenvalue weighted by Gasteiger charge is -2.00. The van der Waals surface area contributed by atoms with Crippen molar-refractivity contribution < 1.29 is 18.7 Å². The van der Waals surface area contributed by atoms with Crippen LogP contribution >= 0.6 is 0 Å². The third-order valence-corrected chi connectivity index (χ3v) is 2.92. The Labute approximate surface area is 118 Å². The quantitative estimate of drug-likeness (QED) is 0.799. The lowest BCUT2D eigenvalue weighted by atomic mass is 10.1. The zero-order valence-electron chi connectivity index (χ0n) is 10.7. The highest BCUT2D eigenvalue weighted by atomic mass is 19.1. The number of halogens is 1. The molecule has 0 spiro atoms. The number of benzene rings is 2. The van der Waals surface area contributed by atoms with E-state index in [0.717, 1.165) is 0 Å². The van der Waals surface area contributed by atoms with Crippen LogP contribution in [-0.2, 0) is 0 Å². The molecule has 0 atom stereocenters. The van der Waals surface area contributed by atoms with Gasteiger partial charge >= 0.3 is 5.97 Å². The van der Waals surface area contributed by atoms with Gasteiger partial charge in [-0.15, -0.1) is 10.2 Å². The van der Waals surface area contributed by atoms with Gasteiger partial charge in [-0.3, -0.25) is 0 Å². The molecule has 0 unspecified atom stereocenters. The molecule has 0 fully saturated rings. The summed E-state index contributed by atoms with van der Waals surface area (Å²) < 4.78 is 19.1. The third kappa shape index (κ3) is 2.38. The number of hydrogen-bond acceptors (Lipinski definition) is 4. The van der Waals surface area contributed by atoms with Gasteiger partial charge in [0.1, 0.15) is 5.82 Å². The number of aromatic nitrogens is 2. The van der Waals surface area contributed by atoms with Crippen LogP contribution in [0, 0.1) is 5.82 Å². The first-order valence-corrected chi connectivity index (χ1v) is 6.08. The Kier molecular flexibility index (Phi) is 3.19. The summed E-state index contributed by atoms with van der Waals surface area (Å²) in [4.78, 5) is 11.2. The molecule has 1 N–H and O–H groups in total. The molecular formula is C15H9FN2O3. The first-order chi connectivity index (χ1) is 10.2. The Balaban J connectivity index is 2.08. The fourth-order valence-electron chi connectivity index (χ4n) is 1.93. The van der Waals surface area contributed by atoms with Crippen LogP contribution < -0.4 is 0 Å². The summed E-state index contributed by atoms with van der Waals surface area (Å²) in [6.07, 6.45) is 0. The fourth-order valence-corrected chi connectivity index (χ4v) is 1.93. The zero-order chi connectivity index (χ0) is 14.8. The van der Waals surface area contributed by atoms with Gasteiger partial charge in [-0.25, -0.2) is 9.18 Å². The highest BCUT2D eigenvalue weighted by Gasteiger charge is 2.18. The Morgan fingerprint density at radius 2 is 1.52 bits per heavy atom. The number of hydrogen-bond donors (Lipinski definition) is 1. The van der Waals surface area contributed by atoms with Gasteiger partial charge in [0.05, 0.1) is 16.7 Å². The van der Waals surface area contributed by atoms with Crippen molar-refractivity contribution in [3.05, 3.63) is 59.9 Å². The predicted molar refractivity (Wildman–Crippen MR) is 72.1 cm³/mol. The van der Waals surface area contributed by atoms with E-state index >= 15 is 0 Å². The van der Waals surface area contributed by atoms with Crippen molar-refractivity contribution in [1.29, 1.82) is 0 Å². The predicted octanol–water partition coefficient (Wildman–Crippen LogP) is 3.24. The molecule has 1 heterocycles. The van der Waals surface area contributed by atoms with E-state index in [0.29, 0.717) is 5.56 Å². The molecule has 0 amide bonds. The molecule has 0 saturated heterocycles. The van der Waals surface area contributed by atoms with Crippen molar-refractivity contribution in [2.24, 2.45) is 0 Å². The van der Waals surface area contributed by atoms with Crippen molar-refractivity contribution >= 4 is 5.97 Å². The molecule has 3 aromatic rings. The van der Waals surface area contributed by atoms with Crippen LogP contribution in [0.5, 0.6) is 0 Å². The molecule has 0 aliphatic heterocycles. The summed E-state index contributed by atoms with van der Waals surface area (Å²) in [7, 11) is 0. The molecule has 5 nitrogen and oxygen atoms in total. The van der Waals surface area contributed by atoms with Crippen LogP contribution in [-0.4, -0.2) is 21.3 Å². The van der Waals surface area contributed by atoms with Crippen LogP contribution in [0.3, 0.4) is 0 Å². The number of carboxylic acids is 1. The van der Waals surface area contributed by atoms with Crippen LogP contribution in [0.4, 0.5) is 4.39 Å². The van der Waals surface area contributed by atoms with Crippen molar-refractivity contribution in [2.45, 2.75) is 0 Å². The van der Waals surface area contributed by atoms with E-state index in [2.05, 4.69) is 10.2 Å². The van der Waals surface area contributed by atoms with Crippen LogP contribution in [0.25, 0.3) is 22.9 Å². The number of aromatic carboxylic acids is 1. The molecule has 1 aromatic heterocycles. The monoisotopic (exact) mass is 284 g/mol. The maximum atomic E-state index is 13.7. The Morgan fingerprint density at radius 3 is 2.19 bits per heavy atom. The van der Waals surface area contributed by atoms with Gasteiger partial charge in [-0.1, -0.05) is 24.3 Å². The van der Waals surface area contributed by atoms with E-state index in [-0.39, 0.29) is 22.9 Å². The average Bonchev–Trinajstić information content (AvgIpc) is 2.97. The van der Waals surface area contributed by atoms with Gasteiger partial charge < -0.3 is 9.52 Å². The van der Waals surface area contributed by atoms with E-state index in [1.807, 2.05) is 0 Å². The number of nitrogens with zero attached hydrogens (tertiary/aromatic N) is 2.